The van der Waals surface area contributed by atoms with Crippen molar-refractivity contribution in [3.8, 4) is 0 Å². The summed E-state index contributed by atoms with van der Waals surface area (Å²) in [6, 6.07) is 18.8. The number of nitrogens with zero attached hydrogens (tertiary/aromatic N) is 1. The number of ether oxygens (including phenoxy) is 1. The molecule has 44 heavy (non-hydrogen) atoms. The van der Waals surface area contributed by atoms with Crippen molar-refractivity contribution in [2.24, 2.45) is 5.41 Å². The van der Waals surface area contributed by atoms with Crippen LogP contribution in [0, 0.1) is 11.2 Å². The highest BCUT2D eigenvalue weighted by molar-refractivity contribution is 6.02. The number of amides is 1. The lowest BCUT2D eigenvalue weighted by atomic mass is 9.73. The Balaban J connectivity index is 1.33. The molecular weight excluding hydrogens is 559 g/mol. The molecule has 9 heteroatoms. The molecule has 0 radical (unpaired) electrons. The number of hydrogen-bond donors (Lipinski definition) is 3. The van der Waals surface area contributed by atoms with Crippen LogP contribution in [0.5, 0.6) is 0 Å². The molecular formula is C35H35FN4O4. The number of para-hydroxylation sites is 2. The summed E-state index contributed by atoms with van der Waals surface area (Å²) in [5, 5.41) is 7.37. The Morgan fingerprint density at radius 2 is 1.84 bits per heavy atom. The second-order valence-electron chi connectivity index (χ2n) is 12.2. The molecule has 0 spiro atoms. The van der Waals surface area contributed by atoms with Crippen LogP contribution in [0.25, 0.3) is 10.9 Å². The van der Waals surface area contributed by atoms with Crippen molar-refractivity contribution < 1.29 is 23.5 Å². The number of rotatable bonds is 7. The Bertz CT molecular complexity index is 1790. The number of benzene rings is 3. The van der Waals surface area contributed by atoms with Gasteiger partial charge in [-0.1, -0.05) is 38.1 Å². The van der Waals surface area contributed by atoms with E-state index in [-0.39, 0.29) is 29.5 Å². The zero-order valence-corrected chi connectivity index (χ0v) is 25.0. The van der Waals surface area contributed by atoms with Gasteiger partial charge in [0.25, 0.3) is 0 Å². The van der Waals surface area contributed by atoms with E-state index in [9.17, 15) is 18.8 Å². The third-order valence-corrected chi connectivity index (χ3v) is 8.41. The Labute approximate surface area is 255 Å². The topological polar surface area (TPSA) is 104 Å². The van der Waals surface area contributed by atoms with Crippen molar-refractivity contribution in [1.82, 2.24) is 10.3 Å². The van der Waals surface area contributed by atoms with Crippen LogP contribution in [-0.4, -0.2) is 42.8 Å². The summed E-state index contributed by atoms with van der Waals surface area (Å²) in [7, 11) is 1.33. The molecule has 8 nitrogen and oxygen atoms in total. The molecule has 1 atom stereocenters. The number of carbonyl (C=O) groups is 3. The zero-order chi connectivity index (χ0) is 31.0. The third-order valence-electron chi connectivity index (χ3n) is 8.41. The Morgan fingerprint density at radius 3 is 2.61 bits per heavy atom. The molecule has 226 valence electrons. The number of aromatic amines is 1. The number of hydrogen-bond acceptors (Lipinski definition) is 6. The first-order chi connectivity index (χ1) is 21.1. The van der Waals surface area contributed by atoms with Crippen molar-refractivity contribution >= 4 is 39.9 Å². The average molecular weight is 595 g/mol. The minimum absolute atomic E-state index is 0.0158. The maximum absolute atomic E-state index is 13.9. The van der Waals surface area contributed by atoms with Gasteiger partial charge in [0.15, 0.2) is 5.78 Å². The van der Waals surface area contributed by atoms with Gasteiger partial charge in [-0.2, -0.15) is 0 Å². The van der Waals surface area contributed by atoms with E-state index in [1.165, 1.54) is 19.2 Å². The maximum Gasteiger partial charge on any atom is 0.337 e. The minimum Gasteiger partial charge on any atom is -0.465 e. The summed E-state index contributed by atoms with van der Waals surface area (Å²) in [5.41, 5.74) is 5.78. The first kappa shape index (κ1) is 29.2. The van der Waals surface area contributed by atoms with E-state index in [1.807, 2.05) is 47.5 Å². The summed E-state index contributed by atoms with van der Waals surface area (Å²) in [4.78, 5) is 44.8. The number of carbonyl (C=O) groups excluding carboxylic acids is 3. The van der Waals surface area contributed by atoms with E-state index < -0.39 is 12.0 Å². The van der Waals surface area contributed by atoms with Gasteiger partial charge in [0.05, 0.1) is 36.6 Å². The molecule has 1 aliphatic heterocycles. The third kappa shape index (κ3) is 5.69. The number of ketones is 1. The number of methoxy groups -OCH3 is 1. The van der Waals surface area contributed by atoms with Crippen LogP contribution in [-0.2, 0) is 20.7 Å². The SMILES string of the molecule is COC(=O)c1ccc(C2C3=C(CC(C)(C)CC3=O)Nc3ccccc3N2CC(=O)NCCc2c[nH]c3ccc(F)cc23)cc1. The fraction of sp³-hybridized carbons (Fsp3) is 0.286. The number of fused-ring (bicyclic) bond motifs is 2. The van der Waals surface area contributed by atoms with Crippen LogP contribution in [0.4, 0.5) is 15.8 Å². The Kier molecular flexibility index (Phi) is 7.71. The first-order valence-corrected chi connectivity index (χ1v) is 14.7. The van der Waals surface area contributed by atoms with Crippen LogP contribution in [0.15, 0.2) is 84.2 Å². The predicted octanol–water partition coefficient (Wildman–Crippen LogP) is 6.07. The molecule has 6 rings (SSSR count). The second kappa shape index (κ2) is 11.6. The van der Waals surface area contributed by atoms with Crippen LogP contribution < -0.4 is 15.5 Å². The van der Waals surface area contributed by atoms with Crippen LogP contribution >= 0.6 is 0 Å². The molecule has 3 aromatic carbocycles. The van der Waals surface area contributed by atoms with Crippen LogP contribution in [0.1, 0.15) is 54.2 Å². The fourth-order valence-electron chi connectivity index (χ4n) is 6.40. The molecule has 0 saturated carbocycles. The number of nitrogens with one attached hydrogen (secondary N) is 3. The van der Waals surface area contributed by atoms with Gasteiger partial charge < -0.3 is 25.3 Å². The molecule has 0 bridgehead atoms. The summed E-state index contributed by atoms with van der Waals surface area (Å²) < 4.78 is 18.7. The van der Waals surface area contributed by atoms with E-state index in [4.69, 9.17) is 4.74 Å². The molecule has 1 amide bonds. The highest BCUT2D eigenvalue weighted by Gasteiger charge is 2.42. The number of H-pyrrole nitrogens is 1. The molecule has 1 unspecified atom stereocenters. The van der Waals surface area contributed by atoms with Gasteiger partial charge in [-0.25, -0.2) is 9.18 Å². The predicted molar refractivity (Wildman–Crippen MR) is 168 cm³/mol. The number of halogens is 1. The standard InChI is InChI=1S/C35H35FN4O4/c1-35(2)17-28-32(30(41)18-35)33(21-8-10-22(11-9-21)34(43)44-3)40(29-7-5-4-6-27(29)39-28)20-31(42)37-15-14-23-19-38-26-13-12-24(36)16-25(23)26/h4-13,16,19,33,38-39H,14-15,17-18,20H2,1-3H3,(H,37,42). The van der Waals surface area contributed by atoms with Gasteiger partial charge in [-0.15, -0.1) is 0 Å². The van der Waals surface area contributed by atoms with Gasteiger partial charge in [-0.3, -0.25) is 9.59 Å². The summed E-state index contributed by atoms with van der Waals surface area (Å²) >= 11 is 0. The lowest BCUT2D eigenvalue weighted by molar-refractivity contribution is -0.120. The Hall–Kier alpha value is -4.92. The van der Waals surface area contributed by atoms with Crippen LogP contribution in [0.2, 0.25) is 0 Å². The maximum atomic E-state index is 13.9. The van der Waals surface area contributed by atoms with Gasteiger partial charge in [0.2, 0.25) is 5.91 Å². The molecule has 4 aromatic rings. The van der Waals surface area contributed by atoms with E-state index in [0.717, 1.165) is 39.1 Å². The normalized spacial score (nSPS) is 17.4. The van der Waals surface area contributed by atoms with Crippen molar-refractivity contribution in [3.05, 3.63) is 107 Å². The molecule has 0 saturated heterocycles. The monoisotopic (exact) mass is 594 g/mol. The number of esters is 1. The van der Waals surface area contributed by atoms with Gasteiger partial charge in [0, 0.05) is 41.3 Å². The average Bonchev–Trinajstić information content (AvgIpc) is 3.33. The summed E-state index contributed by atoms with van der Waals surface area (Å²) in [6.07, 6.45) is 3.41. The molecule has 0 fully saturated rings. The van der Waals surface area contributed by atoms with Crippen molar-refractivity contribution in [2.75, 3.05) is 30.4 Å². The van der Waals surface area contributed by atoms with Crippen molar-refractivity contribution in [3.63, 3.8) is 0 Å². The lowest BCUT2D eigenvalue weighted by Crippen LogP contribution is -2.42. The quantitative estimate of drug-likeness (QED) is 0.225. The second-order valence-corrected chi connectivity index (χ2v) is 12.2. The van der Waals surface area contributed by atoms with E-state index in [0.29, 0.717) is 36.9 Å². The number of anilines is 2. The highest BCUT2D eigenvalue weighted by Crippen LogP contribution is 2.48. The Morgan fingerprint density at radius 1 is 1.07 bits per heavy atom. The molecule has 3 N–H and O–H groups in total. The summed E-state index contributed by atoms with van der Waals surface area (Å²) in [6.45, 7) is 4.51. The van der Waals surface area contributed by atoms with Crippen molar-refractivity contribution in [2.45, 2.75) is 39.2 Å². The molecule has 1 aliphatic carbocycles. The smallest absolute Gasteiger partial charge is 0.337 e. The van der Waals surface area contributed by atoms with Gasteiger partial charge >= 0.3 is 5.97 Å². The minimum atomic E-state index is -0.571. The molecule has 2 aliphatic rings. The van der Waals surface area contributed by atoms with Gasteiger partial charge in [-0.05, 0) is 71.8 Å². The fourth-order valence-corrected chi connectivity index (χ4v) is 6.40. The van der Waals surface area contributed by atoms with Crippen molar-refractivity contribution in [1.29, 1.82) is 0 Å². The number of allylic oxidation sites excluding steroid dienone is 1. The van der Waals surface area contributed by atoms with Gasteiger partial charge in [0.1, 0.15) is 5.82 Å². The highest BCUT2D eigenvalue weighted by atomic mass is 19.1. The molecule has 1 aromatic heterocycles. The lowest BCUT2D eigenvalue weighted by Gasteiger charge is -2.38. The van der Waals surface area contributed by atoms with E-state index in [1.54, 1.807) is 18.2 Å². The van der Waals surface area contributed by atoms with E-state index in [2.05, 4.69) is 29.5 Å². The molecule has 2 heterocycles. The zero-order valence-electron chi connectivity index (χ0n) is 25.0. The number of aromatic nitrogens is 1. The summed E-state index contributed by atoms with van der Waals surface area (Å²) in [5.74, 6) is -0.949. The largest absolute Gasteiger partial charge is 0.465 e. The van der Waals surface area contributed by atoms with Crippen LogP contribution in [0.3, 0.4) is 0 Å². The van der Waals surface area contributed by atoms with E-state index >= 15 is 0 Å². The number of Topliss-reactive ketones (excluding diaryl/α,β-unsaturated/α-hetero) is 1. The first-order valence-electron chi connectivity index (χ1n) is 14.7.